The minimum atomic E-state index is 0.0247. The molecule has 3 nitrogen and oxygen atoms in total. The summed E-state index contributed by atoms with van der Waals surface area (Å²) in [6.07, 6.45) is 2.89. The molecule has 0 spiro atoms. The molecule has 1 fully saturated rings. The maximum atomic E-state index is 12.1. The molecule has 0 amide bonds. The molecule has 26 heavy (non-hydrogen) atoms. The number of aromatic amines is 1. The SMILES string of the molecule is C=C1CCN(C(c2ccsc2)c2ccc3[nH]c(=O)c(CC)cc3c2)CC1. The average molecular weight is 365 g/mol. The van der Waals surface area contributed by atoms with Crippen molar-refractivity contribution in [3.63, 3.8) is 0 Å². The van der Waals surface area contributed by atoms with Gasteiger partial charge in [-0.2, -0.15) is 11.3 Å². The molecule has 1 unspecified atom stereocenters. The predicted molar refractivity (Wildman–Crippen MR) is 110 cm³/mol. The molecule has 4 heteroatoms. The summed E-state index contributed by atoms with van der Waals surface area (Å²) < 4.78 is 0. The number of hydrogen-bond acceptors (Lipinski definition) is 3. The Kier molecular flexibility index (Phi) is 4.79. The number of rotatable bonds is 4. The lowest BCUT2D eigenvalue weighted by atomic mass is 9.94. The van der Waals surface area contributed by atoms with Gasteiger partial charge in [-0.1, -0.05) is 25.1 Å². The highest BCUT2D eigenvalue weighted by Crippen LogP contribution is 2.34. The van der Waals surface area contributed by atoms with Crippen molar-refractivity contribution in [3.05, 3.63) is 80.3 Å². The molecule has 0 aliphatic carbocycles. The Morgan fingerprint density at radius 2 is 2.00 bits per heavy atom. The van der Waals surface area contributed by atoms with Gasteiger partial charge in [0.1, 0.15) is 0 Å². The van der Waals surface area contributed by atoms with E-state index in [0.29, 0.717) is 0 Å². The van der Waals surface area contributed by atoms with Crippen LogP contribution in [-0.2, 0) is 6.42 Å². The second-order valence-electron chi connectivity index (χ2n) is 7.07. The number of thiophene rings is 1. The monoisotopic (exact) mass is 364 g/mol. The molecule has 1 aromatic carbocycles. The summed E-state index contributed by atoms with van der Waals surface area (Å²) in [5.41, 5.74) is 5.77. The van der Waals surface area contributed by atoms with E-state index in [4.69, 9.17) is 0 Å². The highest BCUT2D eigenvalue weighted by Gasteiger charge is 2.25. The van der Waals surface area contributed by atoms with Gasteiger partial charge in [0, 0.05) is 24.2 Å². The van der Waals surface area contributed by atoms with Crippen LogP contribution >= 0.6 is 11.3 Å². The van der Waals surface area contributed by atoms with Crippen LogP contribution in [-0.4, -0.2) is 23.0 Å². The van der Waals surface area contributed by atoms with Crippen LogP contribution in [0.4, 0.5) is 0 Å². The Balaban J connectivity index is 1.79. The van der Waals surface area contributed by atoms with E-state index < -0.39 is 0 Å². The first-order valence-electron chi connectivity index (χ1n) is 9.24. The normalized spacial score (nSPS) is 16.9. The van der Waals surface area contributed by atoms with Crippen LogP contribution in [0.2, 0.25) is 0 Å². The zero-order valence-electron chi connectivity index (χ0n) is 15.1. The van der Waals surface area contributed by atoms with E-state index in [1.807, 2.05) is 19.1 Å². The Bertz CT molecular complexity index is 977. The summed E-state index contributed by atoms with van der Waals surface area (Å²) in [6.45, 7) is 8.27. The standard InChI is InChI=1S/C22H24N2OS/c1-3-16-12-19-13-17(4-5-20(19)23-22(16)25)21(18-8-11-26-14-18)24-9-6-15(2)7-10-24/h4-5,8,11-14,21H,2-3,6-7,9-10H2,1H3,(H,23,25). The van der Waals surface area contributed by atoms with Crippen molar-refractivity contribution in [3.8, 4) is 0 Å². The lowest BCUT2D eigenvalue weighted by Crippen LogP contribution is -2.34. The minimum absolute atomic E-state index is 0.0247. The molecule has 1 aliphatic heterocycles. The Hall–Kier alpha value is -2.17. The third-order valence-corrected chi connectivity index (χ3v) is 6.07. The van der Waals surface area contributed by atoms with E-state index in [-0.39, 0.29) is 11.6 Å². The molecule has 1 aliphatic rings. The second kappa shape index (κ2) is 7.22. The number of piperidine rings is 1. The van der Waals surface area contributed by atoms with Crippen LogP contribution in [0.25, 0.3) is 10.9 Å². The van der Waals surface area contributed by atoms with Crippen LogP contribution in [0.3, 0.4) is 0 Å². The van der Waals surface area contributed by atoms with Crippen LogP contribution in [0.1, 0.15) is 42.5 Å². The van der Waals surface area contributed by atoms with Gasteiger partial charge in [0.2, 0.25) is 0 Å². The molecular formula is C22H24N2OS. The maximum Gasteiger partial charge on any atom is 0.251 e. The molecule has 0 saturated carbocycles. The fourth-order valence-corrected chi connectivity index (χ4v) is 4.52. The molecule has 3 aromatic rings. The van der Waals surface area contributed by atoms with Gasteiger partial charge in [-0.3, -0.25) is 9.69 Å². The number of nitrogens with one attached hydrogen (secondary N) is 1. The summed E-state index contributed by atoms with van der Waals surface area (Å²) in [6, 6.07) is 11.0. The first-order valence-corrected chi connectivity index (χ1v) is 10.2. The number of nitrogens with zero attached hydrogens (tertiary/aromatic N) is 1. The Morgan fingerprint density at radius 1 is 1.19 bits per heavy atom. The van der Waals surface area contributed by atoms with E-state index in [0.717, 1.165) is 48.8 Å². The van der Waals surface area contributed by atoms with Gasteiger partial charge in [0.25, 0.3) is 5.56 Å². The van der Waals surface area contributed by atoms with Crippen molar-refractivity contribution in [2.45, 2.75) is 32.2 Å². The summed E-state index contributed by atoms with van der Waals surface area (Å²) >= 11 is 1.75. The molecule has 3 heterocycles. The number of benzene rings is 1. The van der Waals surface area contributed by atoms with Gasteiger partial charge in [-0.25, -0.2) is 0 Å². The molecule has 0 bridgehead atoms. The van der Waals surface area contributed by atoms with Crippen molar-refractivity contribution in [2.75, 3.05) is 13.1 Å². The number of likely N-dealkylation sites (tertiary alicyclic amines) is 1. The molecular weight excluding hydrogens is 340 g/mol. The van der Waals surface area contributed by atoms with Crippen molar-refractivity contribution in [1.82, 2.24) is 9.88 Å². The number of aryl methyl sites for hydroxylation is 1. The van der Waals surface area contributed by atoms with E-state index in [1.165, 1.54) is 16.7 Å². The molecule has 1 atom stereocenters. The highest BCUT2D eigenvalue weighted by atomic mass is 32.1. The third kappa shape index (κ3) is 3.27. The van der Waals surface area contributed by atoms with Crippen LogP contribution < -0.4 is 5.56 Å². The largest absolute Gasteiger partial charge is 0.322 e. The summed E-state index contributed by atoms with van der Waals surface area (Å²) in [4.78, 5) is 17.7. The predicted octanol–water partition coefficient (Wildman–Crippen LogP) is 4.89. The molecule has 1 saturated heterocycles. The lowest BCUT2D eigenvalue weighted by molar-refractivity contribution is 0.211. The van der Waals surface area contributed by atoms with Gasteiger partial charge in [-0.15, -0.1) is 0 Å². The summed E-state index contributed by atoms with van der Waals surface area (Å²) in [5, 5.41) is 5.52. The minimum Gasteiger partial charge on any atom is -0.322 e. The third-order valence-electron chi connectivity index (χ3n) is 5.37. The first-order chi connectivity index (χ1) is 12.7. The van der Waals surface area contributed by atoms with E-state index in [2.05, 4.69) is 45.4 Å². The van der Waals surface area contributed by atoms with Crippen molar-refractivity contribution >= 4 is 22.2 Å². The van der Waals surface area contributed by atoms with Crippen LogP contribution in [0.5, 0.6) is 0 Å². The van der Waals surface area contributed by atoms with Crippen molar-refractivity contribution in [1.29, 1.82) is 0 Å². The quantitative estimate of drug-likeness (QED) is 0.669. The Labute approximate surface area is 158 Å². The zero-order valence-corrected chi connectivity index (χ0v) is 15.9. The van der Waals surface area contributed by atoms with Crippen LogP contribution in [0, 0.1) is 0 Å². The van der Waals surface area contributed by atoms with Gasteiger partial charge >= 0.3 is 0 Å². The maximum absolute atomic E-state index is 12.1. The van der Waals surface area contributed by atoms with Crippen LogP contribution in [0.15, 0.2) is 58.0 Å². The average Bonchev–Trinajstić information content (AvgIpc) is 3.17. The Morgan fingerprint density at radius 3 is 2.69 bits per heavy atom. The summed E-state index contributed by atoms with van der Waals surface area (Å²) in [7, 11) is 0. The van der Waals surface area contributed by atoms with Gasteiger partial charge < -0.3 is 4.98 Å². The van der Waals surface area contributed by atoms with Crippen molar-refractivity contribution in [2.24, 2.45) is 0 Å². The number of fused-ring (bicyclic) bond motifs is 1. The fraction of sp³-hybridized carbons (Fsp3) is 0.318. The topological polar surface area (TPSA) is 36.1 Å². The van der Waals surface area contributed by atoms with E-state index in [9.17, 15) is 4.79 Å². The fourth-order valence-electron chi connectivity index (χ4n) is 3.85. The second-order valence-corrected chi connectivity index (χ2v) is 7.85. The molecule has 0 radical (unpaired) electrons. The van der Waals surface area contributed by atoms with Crippen molar-refractivity contribution < 1.29 is 0 Å². The van der Waals surface area contributed by atoms with Gasteiger partial charge in [0.15, 0.2) is 0 Å². The van der Waals surface area contributed by atoms with Gasteiger partial charge in [-0.05, 0) is 70.8 Å². The zero-order chi connectivity index (χ0) is 18.1. The molecule has 2 aromatic heterocycles. The number of aromatic nitrogens is 1. The number of pyridine rings is 1. The lowest BCUT2D eigenvalue weighted by Gasteiger charge is -2.35. The summed E-state index contributed by atoms with van der Waals surface area (Å²) in [5.74, 6) is 0. The first kappa shape index (κ1) is 17.3. The smallest absolute Gasteiger partial charge is 0.251 e. The molecule has 4 rings (SSSR count). The van der Waals surface area contributed by atoms with E-state index >= 15 is 0 Å². The van der Waals surface area contributed by atoms with Gasteiger partial charge in [0.05, 0.1) is 6.04 Å². The molecule has 1 N–H and O–H groups in total. The van der Waals surface area contributed by atoms with E-state index in [1.54, 1.807) is 11.3 Å². The molecule has 134 valence electrons. The number of H-pyrrole nitrogens is 1. The highest BCUT2D eigenvalue weighted by molar-refractivity contribution is 7.08. The number of hydrogen-bond donors (Lipinski definition) is 1.